The van der Waals surface area contributed by atoms with Crippen LogP contribution in [0.4, 0.5) is 5.82 Å². The lowest BCUT2D eigenvalue weighted by Gasteiger charge is -1.99. The van der Waals surface area contributed by atoms with Gasteiger partial charge in [0.25, 0.3) is 0 Å². The fourth-order valence-corrected chi connectivity index (χ4v) is 1.71. The maximum Gasteiger partial charge on any atom is 0.155 e. The topological polar surface area (TPSA) is 51.0 Å². The highest BCUT2D eigenvalue weighted by molar-refractivity contribution is 5.82. The van der Waals surface area contributed by atoms with Gasteiger partial charge in [0.15, 0.2) is 5.76 Å². The second kappa shape index (κ2) is 3.90. The number of fused-ring (bicyclic) bond motifs is 1. The van der Waals surface area contributed by atoms with E-state index in [4.69, 9.17) is 4.42 Å². The minimum Gasteiger partial charge on any atom is -0.454 e. The summed E-state index contributed by atoms with van der Waals surface area (Å²) in [5, 5.41) is 4.02. The molecule has 4 heteroatoms. The number of nitrogens with one attached hydrogen (secondary N) is 1. The molecule has 3 rings (SSSR count). The van der Waals surface area contributed by atoms with Gasteiger partial charge in [0.1, 0.15) is 17.1 Å². The molecule has 0 bridgehead atoms. The van der Waals surface area contributed by atoms with E-state index in [1.165, 1.54) is 0 Å². The molecule has 2 aromatic heterocycles. The first kappa shape index (κ1) is 9.84. The van der Waals surface area contributed by atoms with E-state index in [2.05, 4.69) is 15.3 Å². The monoisotopic (exact) mass is 225 g/mol. The Balaban J connectivity index is 2.13. The predicted molar refractivity (Wildman–Crippen MR) is 66.8 cm³/mol. The van der Waals surface area contributed by atoms with Crippen molar-refractivity contribution in [3.63, 3.8) is 0 Å². The van der Waals surface area contributed by atoms with Crippen molar-refractivity contribution in [2.75, 3.05) is 12.4 Å². The van der Waals surface area contributed by atoms with Gasteiger partial charge in [0.05, 0.1) is 12.4 Å². The third-order valence-corrected chi connectivity index (χ3v) is 2.57. The van der Waals surface area contributed by atoms with Crippen molar-refractivity contribution in [1.29, 1.82) is 0 Å². The smallest absolute Gasteiger partial charge is 0.155 e. The van der Waals surface area contributed by atoms with Gasteiger partial charge < -0.3 is 9.73 Å². The largest absolute Gasteiger partial charge is 0.454 e. The Morgan fingerprint density at radius 1 is 1.18 bits per heavy atom. The van der Waals surface area contributed by atoms with Crippen molar-refractivity contribution in [3.8, 4) is 11.5 Å². The molecule has 84 valence electrons. The second-order valence-electron chi connectivity index (χ2n) is 3.69. The summed E-state index contributed by atoms with van der Waals surface area (Å²) in [6, 6.07) is 9.85. The van der Waals surface area contributed by atoms with Crippen molar-refractivity contribution >= 4 is 16.8 Å². The van der Waals surface area contributed by atoms with Crippen molar-refractivity contribution in [2.24, 2.45) is 0 Å². The van der Waals surface area contributed by atoms with Crippen molar-refractivity contribution in [2.45, 2.75) is 0 Å². The first-order chi connectivity index (χ1) is 8.36. The number of rotatable bonds is 2. The first-order valence-corrected chi connectivity index (χ1v) is 5.35. The Hall–Kier alpha value is -2.36. The maximum absolute atomic E-state index is 5.72. The Morgan fingerprint density at radius 2 is 2.06 bits per heavy atom. The van der Waals surface area contributed by atoms with Gasteiger partial charge in [-0.3, -0.25) is 4.98 Å². The van der Waals surface area contributed by atoms with Crippen LogP contribution in [0.5, 0.6) is 0 Å². The molecule has 0 spiro atoms. The van der Waals surface area contributed by atoms with Crippen LogP contribution < -0.4 is 5.32 Å². The Morgan fingerprint density at radius 3 is 2.88 bits per heavy atom. The highest BCUT2D eigenvalue weighted by Crippen LogP contribution is 2.26. The molecule has 1 aromatic carbocycles. The van der Waals surface area contributed by atoms with E-state index < -0.39 is 0 Å². The molecule has 3 aromatic rings. The van der Waals surface area contributed by atoms with E-state index in [9.17, 15) is 0 Å². The lowest BCUT2D eigenvalue weighted by Crippen LogP contribution is -1.94. The van der Waals surface area contributed by atoms with Crippen LogP contribution in [0.25, 0.3) is 22.4 Å². The maximum atomic E-state index is 5.72. The van der Waals surface area contributed by atoms with E-state index in [1.807, 2.05) is 37.4 Å². The molecule has 4 nitrogen and oxygen atoms in total. The molecule has 0 saturated carbocycles. The van der Waals surface area contributed by atoms with Gasteiger partial charge in [-0.25, -0.2) is 4.98 Å². The van der Waals surface area contributed by atoms with Crippen LogP contribution in [0.1, 0.15) is 0 Å². The standard InChI is InChI=1S/C13H11N3O/c1-14-13-8-15-7-10(16-13)12-6-9-4-2-3-5-11(9)17-12/h2-8H,1H3,(H,14,16). The number of furan rings is 1. The summed E-state index contributed by atoms with van der Waals surface area (Å²) in [7, 11) is 1.81. The quantitative estimate of drug-likeness (QED) is 0.728. The Labute approximate surface area is 98.3 Å². The van der Waals surface area contributed by atoms with Crippen LogP contribution in [-0.2, 0) is 0 Å². The molecule has 0 amide bonds. The number of hydrogen-bond donors (Lipinski definition) is 1. The van der Waals surface area contributed by atoms with Crippen LogP contribution in [0.2, 0.25) is 0 Å². The molecule has 17 heavy (non-hydrogen) atoms. The minimum absolute atomic E-state index is 0.725. The SMILES string of the molecule is CNc1cncc(-c2cc3ccccc3o2)n1. The summed E-state index contributed by atoms with van der Waals surface area (Å²) in [5.74, 6) is 1.46. The van der Waals surface area contributed by atoms with Gasteiger partial charge >= 0.3 is 0 Å². The fourth-order valence-electron chi connectivity index (χ4n) is 1.71. The zero-order chi connectivity index (χ0) is 11.7. The van der Waals surface area contributed by atoms with Crippen LogP contribution in [0.15, 0.2) is 47.1 Å². The minimum atomic E-state index is 0.725. The molecule has 0 unspecified atom stereocenters. The zero-order valence-electron chi connectivity index (χ0n) is 9.34. The van der Waals surface area contributed by atoms with Gasteiger partial charge in [0.2, 0.25) is 0 Å². The van der Waals surface area contributed by atoms with Gasteiger partial charge in [0, 0.05) is 12.4 Å². The number of anilines is 1. The molecule has 0 aliphatic heterocycles. The second-order valence-corrected chi connectivity index (χ2v) is 3.69. The summed E-state index contributed by atoms with van der Waals surface area (Å²) in [4.78, 5) is 8.51. The fraction of sp³-hybridized carbons (Fsp3) is 0.0769. The van der Waals surface area contributed by atoms with Gasteiger partial charge in [-0.1, -0.05) is 18.2 Å². The average molecular weight is 225 g/mol. The molecule has 0 aliphatic rings. The summed E-state index contributed by atoms with van der Waals surface area (Å²) >= 11 is 0. The highest BCUT2D eigenvalue weighted by atomic mass is 16.3. The average Bonchev–Trinajstić information content (AvgIpc) is 2.82. The van der Waals surface area contributed by atoms with Crippen LogP contribution in [-0.4, -0.2) is 17.0 Å². The molecular weight excluding hydrogens is 214 g/mol. The number of nitrogens with zero attached hydrogens (tertiary/aromatic N) is 2. The number of benzene rings is 1. The lowest BCUT2D eigenvalue weighted by molar-refractivity contribution is 0.628. The van der Waals surface area contributed by atoms with E-state index in [1.54, 1.807) is 12.4 Å². The summed E-state index contributed by atoms with van der Waals surface area (Å²) in [6.07, 6.45) is 3.37. The van der Waals surface area contributed by atoms with Gasteiger partial charge in [-0.05, 0) is 12.1 Å². The predicted octanol–water partition coefficient (Wildman–Crippen LogP) is 2.93. The summed E-state index contributed by atoms with van der Waals surface area (Å²) in [5.41, 5.74) is 1.59. The number of hydrogen-bond acceptors (Lipinski definition) is 4. The number of aromatic nitrogens is 2. The van der Waals surface area contributed by atoms with Crippen LogP contribution >= 0.6 is 0 Å². The van der Waals surface area contributed by atoms with Gasteiger partial charge in [-0.15, -0.1) is 0 Å². The highest BCUT2D eigenvalue weighted by Gasteiger charge is 2.07. The summed E-state index contributed by atoms with van der Waals surface area (Å²) in [6.45, 7) is 0. The molecule has 0 aliphatic carbocycles. The van der Waals surface area contributed by atoms with E-state index in [0.29, 0.717) is 0 Å². The van der Waals surface area contributed by atoms with E-state index in [-0.39, 0.29) is 0 Å². The van der Waals surface area contributed by atoms with Gasteiger partial charge in [-0.2, -0.15) is 0 Å². The van der Waals surface area contributed by atoms with Crippen molar-refractivity contribution in [3.05, 3.63) is 42.7 Å². The molecule has 0 saturated heterocycles. The third kappa shape index (κ3) is 1.73. The molecule has 1 N–H and O–H groups in total. The molecule has 2 heterocycles. The number of para-hydroxylation sites is 1. The normalized spacial score (nSPS) is 10.6. The molecule has 0 fully saturated rings. The zero-order valence-corrected chi connectivity index (χ0v) is 9.34. The van der Waals surface area contributed by atoms with Crippen molar-refractivity contribution < 1.29 is 4.42 Å². The van der Waals surface area contributed by atoms with Crippen molar-refractivity contribution in [1.82, 2.24) is 9.97 Å². The Kier molecular flexibility index (Phi) is 2.26. The molecule has 0 radical (unpaired) electrons. The summed E-state index contributed by atoms with van der Waals surface area (Å²) < 4.78 is 5.72. The van der Waals surface area contributed by atoms with Crippen LogP contribution in [0.3, 0.4) is 0 Å². The third-order valence-electron chi connectivity index (χ3n) is 2.57. The van der Waals surface area contributed by atoms with E-state index >= 15 is 0 Å². The Bertz CT molecular complexity index is 627. The molecule has 0 atom stereocenters. The van der Waals surface area contributed by atoms with Crippen LogP contribution in [0, 0.1) is 0 Å². The first-order valence-electron chi connectivity index (χ1n) is 5.35. The molecular formula is C13H11N3O. The van der Waals surface area contributed by atoms with E-state index in [0.717, 1.165) is 28.2 Å². The lowest BCUT2D eigenvalue weighted by atomic mass is 10.2.